The van der Waals surface area contributed by atoms with Crippen molar-refractivity contribution in [2.75, 3.05) is 33.0 Å². The van der Waals surface area contributed by atoms with E-state index in [1.54, 1.807) is 24.3 Å². The van der Waals surface area contributed by atoms with Crippen LogP contribution in [0, 0.1) is 13.8 Å². The topological polar surface area (TPSA) is 75.7 Å². The first-order valence-electron chi connectivity index (χ1n) is 8.80. The zero-order chi connectivity index (χ0) is 20.7. The Hall–Kier alpha value is -2.03. The number of hydrogen-bond acceptors (Lipinski definition) is 5. The van der Waals surface area contributed by atoms with E-state index < -0.39 is 10.0 Å². The number of nitrogens with zero attached hydrogens (tertiary/aromatic N) is 1. The number of benzene rings is 2. The summed E-state index contributed by atoms with van der Waals surface area (Å²) in [6.07, 6.45) is 1.92. The van der Waals surface area contributed by atoms with Gasteiger partial charge < -0.3 is 10.1 Å². The number of ether oxygens (including phenoxy) is 1. The van der Waals surface area contributed by atoms with E-state index in [1.165, 1.54) is 18.8 Å². The van der Waals surface area contributed by atoms with E-state index >= 15 is 0 Å². The minimum absolute atomic E-state index is 0.166. The molecule has 0 saturated heterocycles. The highest BCUT2D eigenvalue weighted by Crippen LogP contribution is 2.20. The van der Waals surface area contributed by atoms with E-state index in [1.807, 2.05) is 32.2 Å². The van der Waals surface area contributed by atoms with Crippen LogP contribution in [0.15, 0.2) is 52.3 Å². The maximum Gasteiger partial charge on any atom is 0.243 e. The lowest BCUT2D eigenvalue weighted by Gasteiger charge is -2.17. The van der Waals surface area contributed by atoms with Crippen LogP contribution in [0.4, 0.5) is 0 Å². The van der Waals surface area contributed by atoms with Crippen LogP contribution in [-0.4, -0.2) is 51.6 Å². The third-order valence-corrected chi connectivity index (χ3v) is 6.58. The van der Waals surface area contributed by atoms with Gasteiger partial charge in [0.25, 0.3) is 0 Å². The van der Waals surface area contributed by atoms with Crippen molar-refractivity contribution in [3.8, 4) is 5.75 Å². The van der Waals surface area contributed by atoms with Gasteiger partial charge in [-0.2, -0.15) is 4.31 Å². The average Bonchev–Trinajstić information content (AvgIpc) is 2.64. The summed E-state index contributed by atoms with van der Waals surface area (Å²) < 4.78 is 31.8. The van der Waals surface area contributed by atoms with E-state index in [9.17, 15) is 13.2 Å². The normalized spacial score (nSPS) is 11.5. The molecular formula is C20H26N2O4S2. The Morgan fingerprint density at radius 2 is 1.71 bits per heavy atom. The summed E-state index contributed by atoms with van der Waals surface area (Å²) in [7, 11) is -2.32. The fourth-order valence-corrected chi connectivity index (χ4v) is 4.18. The third-order valence-electron chi connectivity index (χ3n) is 4.02. The molecule has 1 N–H and O–H groups in total. The number of amides is 1. The molecule has 152 valence electrons. The van der Waals surface area contributed by atoms with Crippen LogP contribution in [-0.2, 0) is 14.8 Å². The summed E-state index contributed by atoms with van der Waals surface area (Å²) in [6, 6.07) is 12.5. The molecule has 6 nitrogen and oxygen atoms in total. The van der Waals surface area contributed by atoms with E-state index in [2.05, 4.69) is 11.4 Å². The minimum atomic E-state index is -3.71. The van der Waals surface area contributed by atoms with Gasteiger partial charge in [0.2, 0.25) is 15.9 Å². The lowest BCUT2D eigenvalue weighted by Crippen LogP contribution is -2.39. The van der Waals surface area contributed by atoms with Crippen LogP contribution in [0.5, 0.6) is 5.75 Å². The van der Waals surface area contributed by atoms with Crippen LogP contribution < -0.4 is 10.1 Å². The Morgan fingerprint density at radius 1 is 1.11 bits per heavy atom. The number of rotatable bonds is 9. The molecule has 0 radical (unpaired) electrons. The molecule has 0 aliphatic rings. The number of thioether (sulfide) groups is 1. The summed E-state index contributed by atoms with van der Waals surface area (Å²) in [4.78, 5) is 13.2. The quantitative estimate of drug-likeness (QED) is 0.497. The second-order valence-corrected chi connectivity index (χ2v) is 9.38. The summed E-state index contributed by atoms with van der Waals surface area (Å²) in [5.41, 5.74) is 2.22. The highest BCUT2D eigenvalue weighted by Gasteiger charge is 2.22. The Labute approximate surface area is 171 Å². The number of carbonyl (C=O) groups excluding carboxylic acids is 1. The maximum atomic E-state index is 12.6. The molecular weight excluding hydrogens is 396 g/mol. The van der Waals surface area contributed by atoms with Crippen molar-refractivity contribution < 1.29 is 17.9 Å². The molecule has 0 aliphatic carbocycles. The molecule has 0 heterocycles. The molecule has 2 aromatic carbocycles. The van der Waals surface area contributed by atoms with Crippen LogP contribution >= 0.6 is 11.8 Å². The molecule has 0 aromatic heterocycles. The maximum absolute atomic E-state index is 12.6. The van der Waals surface area contributed by atoms with Crippen molar-refractivity contribution in [2.45, 2.75) is 23.6 Å². The summed E-state index contributed by atoms with van der Waals surface area (Å²) >= 11 is 1.53. The van der Waals surface area contributed by atoms with Gasteiger partial charge in [-0.15, -0.1) is 11.8 Å². The lowest BCUT2D eigenvalue weighted by atomic mass is 10.1. The van der Waals surface area contributed by atoms with Gasteiger partial charge in [-0.1, -0.05) is 6.07 Å². The Morgan fingerprint density at radius 3 is 2.29 bits per heavy atom. The van der Waals surface area contributed by atoms with Crippen molar-refractivity contribution in [1.82, 2.24) is 9.62 Å². The number of hydrogen-bond donors (Lipinski definition) is 1. The first-order valence-corrected chi connectivity index (χ1v) is 11.5. The van der Waals surface area contributed by atoms with Gasteiger partial charge in [0, 0.05) is 11.9 Å². The van der Waals surface area contributed by atoms with Gasteiger partial charge in [-0.05, 0) is 67.6 Å². The van der Waals surface area contributed by atoms with E-state index in [0.29, 0.717) is 13.2 Å². The summed E-state index contributed by atoms with van der Waals surface area (Å²) in [5.74, 6) is 0.371. The molecule has 2 aromatic rings. The van der Waals surface area contributed by atoms with Gasteiger partial charge >= 0.3 is 0 Å². The Bertz CT molecular complexity index is 892. The van der Waals surface area contributed by atoms with Crippen LogP contribution in [0.25, 0.3) is 0 Å². The van der Waals surface area contributed by atoms with Crippen LogP contribution in [0.3, 0.4) is 0 Å². The van der Waals surface area contributed by atoms with Crippen molar-refractivity contribution in [1.29, 1.82) is 0 Å². The number of carbonyl (C=O) groups is 1. The van der Waals surface area contributed by atoms with Crippen molar-refractivity contribution in [2.24, 2.45) is 0 Å². The highest BCUT2D eigenvalue weighted by molar-refractivity contribution is 7.98. The molecule has 0 saturated carbocycles. The largest absolute Gasteiger partial charge is 0.492 e. The highest BCUT2D eigenvalue weighted by atomic mass is 32.2. The molecule has 0 aliphatic heterocycles. The Balaban J connectivity index is 1.82. The van der Waals surface area contributed by atoms with Gasteiger partial charge in [-0.3, -0.25) is 4.79 Å². The second kappa shape index (κ2) is 9.95. The third kappa shape index (κ3) is 6.25. The van der Waals surface area contributed by atoms with Gasteiger partial charge in [0.1, 0.15) is 12.4 Å². The SMILES string of the molecule is CSc1ccc(S(=O)(=O)N(C)CC(=O)NCCOc2cc(C)cc(C)c2)cc1. The smallest absolute Gasteiger partial charge is 0.243 e. The van der Waals surface area contributed by atoms with Gasteiger partial charge in [0.15, 0.2) is 0 Å². The fraction of sp³-hybridized carbons (Fsp3) is 0.350. The van der Waals surface area contributed by atoms with Crippen molar-refractivity contribution >= 4 is 27.7 Å². The van der Waals surface area contributed by atoms with E-state index in [-0.39, 0.29) is 17.3 Å². The minimum Gasteiger partial charge on any atom is -0.492 e. The fourth-order valence-electron chi connectivity index (χ4n) is 2.65. The summed E-state index contributed by atoms with van der Waals surface area (Å²) in [6.45, 7) is 4.33. The standard InChI is InChI=1S/C20H26N2O4S2/c1-15-11-16(2)13-17(12-15)26-10-9-21-20(23)14-22(3)28(24,25)19-7-5-18(27-4)6-8-19/h5-8,11-13H,9-10,14H2,1-4H3,(H,21,23). The Kier molecular flexibility index (Phi) is 7.91. The molecule has 0 bridgehead atoms. The number of likely N-dealkylation sites (N-methyl/N-ethyl adjacent to an activating group) is 1. The van der Waals surface area contributed by atoms with Gasteiger partial charge in [-0.25, -0.2) is 8.42 Å². The number of sulfonamides is 1. The van der Waals surface area contributed by atoms with Crippen LogP contribution in [0.1, 0.15) is 11.1 Å². The molecule has 8 heteroatoms. The average molecular weight is 423 g/mol. The van der Waals surface area contributed by atoms with Crippen molar-refractivity contribution in [3.63, 3.8) is 0 Å². The lowest BCUT2D eigenvalue weighted by molar-refractivity contribution is -0.121. The first-order chi connectivity index (χ1) is 13.2. The van der Waals surface area contributed by atoms with E-state index in [0.717, 1.165) is 26.1 Å². The zero-order valence-corrected chi connectivity index (χ0v) is 18.2. The monoisotopic (exact) mass is 422 g/mol. The number of nitrogens with one attached hydrogen (secondary N) is 1. The zero-order valence-electron chi connectivity index (χ0n) is 16.6. The molecule has 28 heavy (non-hydrogen) atoms. The molecule has 0 atom stereocenters. The van der Waals surface area contributed by atoms with Gasteiger partial charge in [0.05, 0.1) is 18.0 Å². The predicted molar refractivity (Wildman–Crippen MR) is 112 cm³/mol. The summed E-state index contributed by atoms with van der Waals surface area (Å²) in [5, 5.41) is 2.68. The van der Waals surface area contributed by atoms with Crippen molar-refractivity contribution in [3.05, 3.63) is 53.6 Å². The molecule has 2 rings (SSSR count). The molecule has 0 unspecified atom stereocenters. The molecule has 1 amide bonds. The number of aryl methyl sites for hydroxylation is 2. The van der Waals surface area contributed by atoms with Crippen LogP contribution in [0.2, 0.25) is 0 Å². The predicted octanol–water partition coefficient (Wildman–Crippen LogP) is 2.84. The first kappa shape index (κ1) is 22.3. The molecule has 0 spiro atoms. The van der Waals surface area contributed by atoms with E-state index in [4.69, 9.17) is 4.74 Å². The second-order valence-electron chi connectivity index (χ2n) is 6.46. The molecule has 0 fully saturated rings.